The highest BCUT2D eigenvalue weighted by Crippen LogP contribution is 2.30. The Kier molecular flexibility index (Phi) is 5.43. The number of hydrogen-bond donors (Lipinski definition) is 1. The second kappa shape index (κ2) is 7.10. The van der Waals surface area contributed by atoms with Gasteiger partial charge < -0.3 is 10.5 Å². The molecule has 0 saturated carbocycles. The highest BCUT2D eigenvalue weighted by atomic mass is 79.9. The first-order valence-corrected chi connectivity index (χ1v) is 8.08. The van der Waals surface area contributed by atoms with Crippen LogP contribution in [0.4, 0.5) is 0 Å². The van der Waals surface area contributed by atoms with E-state index in [4.69, 9.17) is 10.5 Å². The van der Waals surface area contributed by atoms with Crippen molar-refractivity contribution >= 4 is 15.9 Å². The Morgan fingerprint density at radius 2 is 1.86 bits per heavy atom. The number of ether oxygens (including phenoxy) is 1. The first-order chi connectivity index (χ1) is 9.99. The average molecular weight is 348 g/mol. The Balaban J connectivity index is 2.28. The molecule has 0 aliphatic rings. The standard InChI is InChI=1S/C18H22BrNO/c1-4-16(20)10-14-6-7-15(19)11-18(14)21-17-8-5-12(2)13(3)9-17/h5-9,11,16H,4,10,20H2,1-3H3. The van der Waals surface area contributed by atoms with Crippen molar-refractivity contribution in [3.05, 3.63) is 57.6 Å². The minimum absolute atomic E-state index is 0.160. The number of halogens is 1. The molecular formula is C18H22BrNO. The van der Waals surface area contributed by atoms with Crippen LogP contribution in [-0.4, -0.2) is 6.04 Å². The molecule has 2 aromatic carbocycles. The zero-order valence-corrected chi connectivity index (χ0v) is 14.4. The lowest BCUT2D eigenvalue weighted by Crippen LogP contribution is -2.21. The summed E-state index contributed by atoms with van der Waals surface area (Å²) in [6.45, 7) is 6.30. The fourth-order valence-electron chi connectivity index (χ4n) is 2.12. The monoisotopic (exact) mass is 347 g/mol. The van der Waals surface area contributed by atoms with E-state index in [1.165, 1.54) is 11.1 Å². The predicted molar refractivity (Wildman–Crippen MR) is 92.1 cm³/mol. The van der Waals surface area contributed by atoms with Gasteiger partial charge in [0.25, 0.3) is 0 Å². The van der Waals surface area contributed by atoms with Crippen LogP contribution in [0.25, 0.3) is 0 Å². The molecule has 112 valence electrons. The van der Waals surface area contributed by atoms with E-state index >= 15 is 0 Å². The molecule has 1 unspecified atom stereocenters. The normalized spacial score (nSPS) is 12.2. The summed E-state index contributed by atoms with van der Waals surface area (Å²) in [4.78, 5) is 0. The van der Waals surface area contributed by atoms with Crippen LogP contribution in [-0.2, 0) is 6.42 Å². The Morgan fingerprint density at radius 3 is 2.52 bits per heavy atom. The molecule has 0 bridgehead atoms. The van der Waals surface area contributed by atoms with E-state index in [-0.39, 0.29) is 6.04 Å². The van der Waals surface area contributed by atoms with Crippen molar-refractivity contribution < 1.29 is 4.74 Å². The van der Waals surface area contributed by atoms with Crippen molar-refractivity contribution in [2.45, 2.75) is 39.7 Å². The van der Waals surface area contributed by atoms with Gasteiger partial charge in [-0.2, -0.15) is 0 Å². The Labute approximate surface area is 135 Å². The van der Waals surface area contributed by atoms with Gasteiger partial charge in [0.2, 0.25) is 0 Å². The van der Waals surface area contributed by atoms with Crippen molar-refractivity contribution in [2.75, 3.05) is 0 Å². The molecule has 0 aliphatic carbocycles. The van der Waals surface area contributed by atoms with E-state index in [0.29, 0.717) is 0 Å². The number of hydrogen-bond acceptors (Lipinski definition) is 2. The third-order valence-corrected chi connectivity index (χ3v) is 4.24. The fourth-order valence-corrected chi connectivity index (χ4v) is 2.46. The Bertz CT molecular complexity index is 625. The van der Waals surface area contributed by atoms with Gasteiger partial charge in [0, 0.05) is 10.5 Å². The van der Waals surface area contributed by atoms with Gasteiger partial charge in [-0.1, -0.05) is 35.0 Å². The highest BCUT2D eigenvalue weighted by molar-refractivity contribution is 9.10. The van der Waals surface area contributed by atoms with Crippen LogP contribution in [0, 0.1) is 13.8 Å². The number of benzene rings is 2. The summed E-state index contributed by atoms with van der Waals surface area (Å²) < 4.78 is 7.10. The lowest BCUT2D eigenvalue weighted by Gasteiger charge is -2.15. The van der Waals surface area contributed by atoms with Crippen molar-refractivity contribution in [1.29, 1.82) is 0 Å². The number of aryl methyl sites for hydroxylation is 2. The van der Waals surface area contributed by atoms with E-state index in [1.54, 1.807) is 0 Å². The molecule has 0 aromatic heterocycles. The van der Waals surface area contributed by atoms with Crippen LogP contribution in [0.1, 0.15) is 30.0 Å². The molecule has 1 atom stereocenters. The van der Waals surface area contributed by atoms with Gasteiger partial charge in [-0.15, -0.1) is 0 Å². The van der Waals surface area contributed by atoms with Crippen molar-refractivity contribution in [2.24, 2.45) is 5.73 Å². The topological polar surface area (TPSA) is 35.2 Å². The molecular weight excluding hydrogens is 326 g/mol. The van der Waals surface area contributed by atoms with Gasteiger partial charge in [-0.3, -0.25) is 0 Å². The minimum atomic E-state index is 0.160. The first-order valence-electron chi connectivity index (χ1n) is 7.28. The summed E-state index contributed by atoms with van der Waals surface area (Å²) in [5.74, 6) is 1.74. The first kappa shape index (κ1) is 16.1. The third-order valence-electron chi connectivity index (χ3n) is 3.74. The molecule has 0 spiro atoms. The maximum atomic E-state index is 6.09. The predicted octanol–water partition coefficient (Wildman–Crippen LogP) is 5.14. The fraction of sp³-hybridized carbons (Fsp3) is 0.333. The molecule has 0 aliphatic heterocycles. The summed E-state index contributed by atoms with van der Waals surface area (Å²) in [5.41, 5.74) is 9.73. The van der Waals surface area contributed by atoms with Gasteiger partial charge in [-0.25, -0.2) is 0 Å². The minimum Gasteiger partial charge on any atom is -0.457 e. The second-order valence-electron chi connectivity index (χ2n) is 5.47. The Morgan fingerprint density at radius 1 is 1.10 bits per heavy atom. The largest absolute Gasteiger partial charge is 0.457 e. The van der Waals surface area contributed by atoms with Gasteiger partial charge in [0.05, 0.1) is 0 Å². The van der Waals surface area contributed by atoms with Gasteiger partial charge >= 0.3 is 0 Å². The Hall–Kier alpha value is -1.32. The number of rotatable bonds is 5. The molecule has 0 radical (unpaired) electrons. The quantitative estimate of drug-likeness (QED) is 0.812. The van der Waals surface area contributed by atoms with Crippen molar-refractivity contribution in [3.8, 4) is 11.5 Å². The van der Waals surface area contributed by atoms with Crippen molar-refractivity contribution in [3.63, 3.8) is 0 Å². The van der Waals surface area contributed by atoms with Crippen LogP contribution in [0.5, 0.6) is 11.5 Å². The van der Waals surface area contributed by atoms with Crippen LogP contribution >= 0.6 is 15.9 Å². The molecule has 3 heteroatoms. The summed E-state index contributed by atoms with van der Waals surface area (Å²) in [7, 11) is 0. The highest BCUT2D eigenvalue weighted by Gasteiger charge is 2.10. The van der Waals surface area contributed by atoms with Gasteiger partial charge in [-0.05, 0) is 67.6 Å². The molecule has 0 saturated heterocycles. The van der Waals surface area contributed by atoms with E-state index in [9.17, 15) is 0 Å². The van der Waals surface area contributed by atoms with E-state index < -0.39 is 0 Å². The van der Waals surface area contributed by atoms with E-state index in [2.05, 4.69) is 54.9 Å². The maximum absolute atomic E-state index is 6.09. The summed E-state index contributed by atoms with van der Waals surface area (Å²) >= 11 is 3.51. The summed E-state index contributed by atoms with van der Waals surface area (Å²) in [6.07, 6.45) is 1.78. The molecule has 0 fully saturated rings. The maximum Gasteiger partial charge on any atom is 0.131 e. The van der Waals surface area contributed by atoms with Crippen LogP contribution < -0.4 is 10.5 Å². The van der Waals surface area contributed by atoms with Crippen LogP contribution in [0.2, 0.25) is 0 Å². The van der Waals surface area contributed by atoms with Crippen LogP contribution in [0.3, 0.4) is 0 Å². The molecule has 2 aromatic rings. The lowest BCUT2D eigenvalue weighted by atomic mass is 10.0. The number of nitrogens with two attached hydrogens (primary N) is 1. The molecule has 0 heterocycles. The van der Waals surface area contributed by atoms with Gasteiger partial charge in [0.1, 0.15) is 11.5 Å². The summed E-state index contributed by atoms with van der Waals surface area (Å²) in [5, 5.41) is 0. The second-order valence-corrected chi connectivity index (χ2v) is 6.39. The molecule has 2 N–H and O–H groups in total. The van der Waals surface area contributed by atoms with E-state index in [0.717, 1.165) is 34.4 Å². The molecule has 2 nitrogen and oxygen atoms in total. The molecule has 21 heavy (non-hydrogen) atoms. The zero-order chi connectivity index (χ0) is 15.4. The third kappa shape index (κ3) is 4.32. The lowest BCUT2D eigenvalue weighted by molar-refractivity contribution is 0.471. The average Bonchev–Trinajstić information content (AvgIpc) is 2.45. The SMILES string of the molecule is CCC(N)Cc1ccc(Br)cc1Oc1ccc(C)c(C)c1. The summed E-state index contributed by atoms with van der Waals surface area (Å²) in [6, 6.07) is 12.4. The van der Waals surface area contributed by atoms with Crippen molar-refractivity contribution in [1.82, 2.24) is 0 Å². The molecule has 0 amide bonds. The van der Waals surface area contributed by atoms with Crippen LogP contribution in [0.15, 0.2) is 40.9 Å². The van der Waals surface area contributed by atoms with E-state index in [1.807, 2.05) is 18.2 Å². The zero-order valence-electron chi connectivity index (χ0n) is 12.8. The smallest absolute Gasteiger partial charge is 0.131 e. The van der Waals surface area contributed by atoms with Gasteiger partial charge in [0.15, 0.2) is 0 Å². The molecule has 2 rings (SSSR count).